The van der Waals surface area contributed by atoms with E-state index in [2.05, 4.69) is 25.9 Å². The normalized spacial score (nSPS) is 18.3. The fraction of sp³-hybridized carbons (Fsp3) is 0.600. The van der Waals surface area contributed by atoms with Gasteiger partial charge in [0.05, 0.1) is 15.9 Å². The molecule has 0 saturated heterocycles. The van der Waals surface area contributed by atoms with Crippen LogP contribution < -0.4 is 5.73 Å². The summed E-state index contributed by atoms with van der Waals surface area (Å²) < 4.78 is 1.03. The first-order valence-corrected chi connectivity index (χ1v) is 5.60. The number of rotatable bonds is 2. The van der Waals surface area contributed by atoms with Crippen LogP contribution in [-0.2, 0) is 5.41 Å². The minimum Gasteiger partial charge on any atom is -0.330 e. The van der Waals surface area contributed by atoms with E-state index in [9.17, 15) is 0 Å². The third-order valence-electron chi connectivity index (χ3n) is 2.88. The summed E-state index contributed by atoms with van der Waals surface area (Å²) >= 11 is 3.55. The number of hydrogen-bond donors (Lipinski definition) is 1. The summed E-state index contributed by atoms with van der Waals surface area (Å²) in [4.78, 5) is 8.81. The van der Waals surface area contributed by atoms with Gasteiger partial charge in [0.1, 0.15) is 5.82 Å². The van der Waals surface area contributed by atoms with Gasteiger partial charge in [0.2, 0.25) is 0 Å². The monoisotopic (exact) mass is 255 g/mol. The van der Waals surface area contributed by atoms with Crippen molar-refractivity contribution in [1.82, 2.24) is 9.97 Å². The summed E-state index contributed by atoms with van der Waals surface area (Å²) in [6.45, 7) is 4.60. The average molecular weight is 256 g/mol. The Morgan fingerprint density at radius 2 is 2.00 bits per heavy atom. The number of aryl methyl sites for hydroxylation is 2. The van der Waals surface area contributed by atoms with E-state index >= 15 is 0 Å². The summed E-state index contributed by atoms with van der Waals surface area (Å²) in [5.41, 5.74) is 8.03. The molecule has 0 amide bonds. The van der Waals surface area contributed by atoms with Crippen molar-refractivity contribution in [1.29, 1.82) is 0 Å². The van der Waals surface area contributed by atoms with E-state index in [1.165, 1.54) is 0 Å². The highest BCUT2D eigenvalue weighted by Gasteiger charge is 2.46. The molecule has 0 atom stereocenters. The largest absolute Gasteiger partial charge is 0.330 e. The maximum Gasteiger partial charge on any atom is 0.125 e. The molecule has 0 spiro atoms. The topological polar surface area (TPSA) is 51.8 Å². The van der Waals surface area contributed by atoms with Gasteiger partial charge in [-0.25, -0.2) is 9.97 Å². The van der Waals surface area contributed by atoms with Crippen LogP contribution in [0.25, 0.3) is 0 Å². The van der Waals surface area contributed by atoms with Gasteiger partial charge in [-0.15, -0.1) is 0 Å². The molecule has 14 heavy (non-hydrogen) atoms. The van der Waals surface area contributed by atoms with Gasteiger partial charge >= 0.3 is 0 Å². The zero-order valence-corrected chi connectivity index (χ0v) is 10.1. The smallest absolute Gasteiger partial charge is 0.125 e. The molecule has 4 heteroatoms. The van der Waals surface area contributed by atoms with Gasteiger partial charge in [-0.05, 0) is 42.6 Å². The second-order valence-corrected chi connectivity index (χ2v) is 4.80. The van der Waals surface area contributed by atoms with Crippen LogP contribution in [0.5, 0.6) is 0 Å². The van der Waals surface area contributed by atoms with Crippen LogP contribution in [0.1, 0.15) is 30.1 Å². The van der Waals surface area contributed by atoms with Crippen LogP contribution in [-0.4, -0.2) is 16.5 Å². The maximum absolute atomic E-state index is 5.79. The lowest BCUT2D eigenvalue weighted by Gasteiger charge is -2.15. The van der Waals surface area contributed by atoms with E-state index in [1.807, 2.05) is 13.8 Å². The number of hydrogen-bond acceptors (Lipinski definition) is 3. The Kier molecular flexibility index (Phi) is 2.35. The van der Waals surface area contributed by atoms with Crippen LogP contribution in [0.2, 0.25) is 0 Å². The molecule has 1 fully saturated rings. The molecule has 0 aromatic carbocycles. The lowest BCUT2D eigenvalue weighted by atomic mass is 10.0. The Bertz CT molecular complexity index is 372. The van der Waals surface area contributed by atoms with Crippen LogP contribution in [0.15, 0.2) is 4.47 Å². The SMILES string of the molecule is Cc1nc(C)c(Br)c(C2(CN)CC2)n1. The summed E-state index contributed by atoms with van der Waals surface area (Å²) in [6, 6.07) is 0. The number of nitrogens with zero attached hydrogens (tertiary/aromatic N) is 2. The van der Waals surface area contributed by atoms with Crippen molar-refractivity contribution in [3.05, 3.63) is 21.7 Å². The first-order valence-electron chi connectivity index (χ1n) is 4.80. The Hall–Kier alpha value is -0.480. The van der Waals surface area contributed by atoms with Gasteiger partial charge in [0.15, 0.2) is 0 Å². The Labute approximate surface area is 92.3 Å². The molecule has 76 valence electrons. The van der Waals surface area contributed by atoms with Crippen LogP contribution >= 0.6 is 15.9 Å². The van der Waals surface area contributed by atoms with Crippen molar-refractivity contribution in [2.75, 3.05) is 6.54 Å². The van der Waals surface area contributed by atoms with Crippen molar-refractivity contribution in [2.24, 2.45) is 5.73 Å². The molecule has 1 heterocycles. The van der Waals surface area contributed by atoms with E-state index in [4.69, 9.17) is 5.73 Å². The summed E-state index contributed by atoms with van der Waals surface area (Å²) in [5, 5.41) is 0. The standard InChI is InChI=1S/C10H14BrN3/c1-6-8(11)9(14-7(2)13-6)10(5-12)3-4-10/h3-5,12H2,1-2H3. The van der Waals surface area contributed by atoms with Gasteiger partial charge in [-0.2, -0.15) is 0 Å². The lowest BCUT2D eigenvalue weighted by molar-refractivity contribution is 0.663. The van der Waals surface area contributed by atoms with Gasteiger partial charge in [0, 0.05) is 12.0 Å². The highest BCUT2D eigenvalue weighted by atomic mass is 79.9. The molecule has 2 rings (SSSR count). The zero-order valence-electron chi connectivity index (χ0n) is 8.47. The van der Waals surface area contributed by atoms with Crippen LogP contribution in [0, 0.1) is 13.8 Å². The first-order chi connectivity index (χ1) is 6.59. The lowest BCUT2D eigenvalue weighted by Crippen LogP contribution is -2.22. The molecule has 1 aliphatic rings. The Morgan fingerprint density at radius 3 is 2.50 bits per heavy atom. The van der Waals surface area contributed by atoms with Gasteiger partial charge < -0.3 is 5.73 Å². The molecule has 1 aromatic heterocycles. The van der Waals surface area contributed by atoms with Crippen molar-refractivity contribution < 1.29 is 0 Å². The van der Waals surface area contributed by atoms with Crippen molar-refractivity contribution in [3.8, 4) is 0 Å². The van der Waals surface area contributed by atoms with Gasteiger partial charge in [0.25, 0.3) is 0 Å². The zero-order chi connectivity index (χ0) is 10.3. The fourth-order valence-corrected chi connectivity index (χ4v) is 2.34. The molecule has 0 aliphatic heterocycles. The number of nitrogens with two attached hydrogens (primary N) is 1. The maximum atomic E-state index is 5.79. The van der Waals surface area contributed by atoms with Crippen LogP contribution in [0.4, 0.5) is 0 Å². The second kappa shape index (κ2) is 3.28. The van der Waals surface area contributed by atoms with Crippen molar-refractivity contribution >= 4 is 15.9 Å². The third-order valence-corrected chi connectivity index (χ3v) is 3.82. The molecule has 0 bridgehead atoms. The first kappa shape index (κ1) is 10.1. The minimum absolute atomic E-state index is 0.136. The van der Waals surface area contributed by atoms with E-state index < -0.39 is 0 Å². The molecule has 0 unspecified atom stereocenters. The summed E-state index contributed by atoms with van der Waals surface area (Å²) in [5.74, 6) is 0.834. The average Bonchev–Trinajstić information content (AvgIpc) is 2.92. The van der Waals surface area contributed by atoms with E-state index in [0.717, 1.165) is 34.5 Å². The molecule has 1 aliphatic carbocycles. The molecule has 1 aromatic rings. The van der Waals surface area contributed by atoms with Crippen molar-refractivity contribution in [3.63, 3.8) is 0 Å². The predicted octanol–water partition coefficient (Wildman–Crippen LogP) is 1.85. The van der Waals surface area contributed by atoms with Gasteiger partial charge in [-0.3, -0.25) is 0 Å². The van der Waals surface area contributed by atoms with E-state index in [0.29, 0.717) is 6.54 Å². The highest BCUT2D eigenvalue weighted by Crippen LogP contribution is 2.48. The molecule has 3 nitrogen and oxygen atoms in total. The molecule has 2 N–H and O–H groups in total. The molecular weight excluding hydrogens is 242 g/mol. The van der Waals surface area contributed by atoms with E-state index in [1.54, 1.807) is 0 Å². The van der Waals surface area contributed by atoms with E-state index in [-0.39, 0.29) is 5.41 Å². The number of aromatic nitrogens is 2. The Morgan fingerprint density at radius 1 is 1.36 bits per heavy atom. The molecule has 0 radical (unpaired) electrons. The fourth-order valence-electron chi connectivity index (χ4n) is 1.74. The molecule has 1 saturated carbocycles. The summed E-state index contributed by atoms with van der Waals surface area (Å²) in [7, 11) is 0. The van der Waals surface area contributed by atoms with Crippen molar-refractivity contribution in [2.45, 2.75) is 32.1 Å². The highest BCUT2D eigenvalue weighted by molar-refractivity contribution is 9.10. The quantitative estimate of drug-likeness (QED) is 0.878. The number of halogens is 1. The minimum atomic E-state index is 0.136. The summed E-state index contributed by atoms with van der Waals surface area (Å²) in [6.07, 6.45) is 2.30. The predicted molar refractivity (Wildman–Crippen MR) is 59.2 cm³/mol. The third kappa shape index (κ3) is 1.46. The van der Waals surface area contributed by atoms with Crippen LogP contribution in [0.3, 0.4) is 0 Å². The second-order valence-electron chi connectivity index (χ2n) is 4.00. The van der Waals surface area contributed by atoms with Gasteiger partial charge in [-0.1, -0.05) is 0 Å². The Balaban J connectivity index is 2.52. The molecular formula is C10H14BrN3.